The minimum atomic E-state index is -2.83. The summed E-state index contributed by atoms with van der Waals surface area (Å²) in [7, 11) is 0. The molecular weight excluding hydrogens is 416 g/mol. The molecule has 1 aliphatic heterocycles. The Bertz CT molecular complexity index is 893. The Balaban J connectivity index is 1.71. The minimum Gasteiger partial charge on any atom is -0.598 e. The number of ether oxygens (including phenoxy) is 1. The van der Waals surface area contributed by atoms with Crippen molar-refractivity contribution >= 4 is 29.0 Å². The molecule has 1 saturated heterocycles. The molecule has 1 fully saturated rings. The number of nitrogens with one attached hydrogen (secondary N) is 3. The number of anilines is 1. The summed E-state index contributed by atoms with van der Waals surface area (Å²) >= 11 is -1.13. The van der Waals surface area contributed by atoms with Gasteiger partial charge >= 0.3 is 0 Å². The summed E-state index contributed by atoms with van der Waals surface area (Å²) in [6.07, 6.45) is 3.92. The number of imidazole rings is 1. The van der Waals surface area contributed by atoms with Gasteiger partial charge in [-0.1, -0.05) is 0 Å². The lowest BCUT2D eigenvalue weighted by atomic mass is 10.1. The van der Waals surface area contributed by atoms with E-state index in [1.165, 1.54) is 12.4 Å². The lowest BCUT2D eigenvalue weighted by molar-refractivity contribution is 0.0239. The van der Waals surface area contributed by atoms with Gasteiger partial charge in [0.05, 0.1) is 42.0 Å². The lowest BCUT2D eigenvalue weighted by Gasteiger charge is -2.36. The summed E-state index contributed by atoms with van der Waals surface area (Å²) in [6, 6.07) is 1.72. The van der Waals surface area contributed by atoms with Gasteiger partial charge in [0.2, 0.25) is 0 Å². The third-order valence-electron chi connectivity index (χ3n) is 4.51. The van der Waals surface area contributed by atoms with Gasteiger partial charge < -0.3 is 19.2 Å². The SMILES string of the molecule is CC(N[S+](C)[O-])C1CN(c2cc(-c3cnc(/C=C\C(=N)C(F)F)[nH]3)ncn2)CCO1. The van der Waals surface area contributed by atoms with Crippen LogP contribution in [0.4, 0.5) is 14.6 Å². The third kappa shape index (κ3) is 5.81. The molecule has 0 radical (unpaired) electrons. The maximum Gasteiger partial charge on any atom is 0.279 e. The number of allylic oxidation sites excluding steroid dienone is 1. The van der Waals surface area contributed by atoms with Crippen LogP contribution in [0, 0.1) is 5.41 Å². The number of hydrogen-bond donors (Lipinski definition) is 3. The first kappa shape index (κ1) is 22.3. The van der Waals surface area contributed by atoms with Crippen LogP contribution in [0.2, 0.25) is 0 Å². The molecule has 30 heavy (non-hydrogen) atoms. The van der Waals surface area contributed by atoms with Crippen LogP contribution in [0.1, 0.15) is 12.7 Å². The highest BCUT2D eigenvalue weighted by Crippen LogP contribution is 2.22. The molecule has 3 rings (SSSR count). The van der Waals surface area contributed by atoms with E-state index in [2.05, 4.69) is 29.6 Å². The highest BCUT2D eigenvalue weighted by atomic mass is 32.2. The molecule has 1 aliphatic rings. The molecule has 3 atom stereocenters. The Morgan fingerprint density at radius 3 is 3.00 bits per heavy atom. The Morgan fingerprint density at radius 2 is 2.27 bits per heavy atom. The van der Waals surface area contributed by atoms with Gasteiger partial charge in [0.1, 0.15) is 24.2 Å². The molecule has 0 aromatic carbocycles. The van der Waals surface area contributed by atoms with E-state index in [9.17, 15) is 13.3 Å². The fourth-order valence-electron chi connectivity index (χ4n) is 2.98. The van der Waals surface area contributed by atoms with Crippen molar-refractivity contribution < 1.29 is 18.1 Å². The molecule has 12 heteroatoms. The van der Waals surface area contributed by atoms with E-state index in [1.54, 1.807) is 18.5 Å². The number of rotatable bonds is 8. The summed E-state index contributed by atoms with van der Waals surface area (Å²) in [5.74, 6) is 1.05. The number of hydrogen-bond acceptors (Lipinski definition) is 8. The smallest absolute Gasteiger partial charge is 0.279 e. The average Bonchev–Trinajstić information content (AvgIpc) is 3.21. The van der Waals surface area contributed by atoms with Crippen molar-refractivity contribution in [2.24, 2.45) is 0 Å². The van der Waals surface area contributed by atoms with Crippen LogP contribution >= 0.6 is 0 Å². The number of halogens is 2. The molecule has 0 bridgehead atoms. The quantitative estimate of drug-likeness (QED) is 0.422. The van der Waals surface area contributed by atoms with Gasteiger partial charge in [-0.05, 0) is 19.1 Å². The number of aromatic amines is 1. The van der Waals surface area contributed by atoms with Crippen LogP contribution in [0.3, 0.4) is 0 Å². The van der Waals surface area contributed by atoms with E-state index in [0.29, 0.717) is 42.7 Å². The van der Waals surface area contributed by atoms with E-state index in [-0.39, 0.29) is 12.1 Å². The topological polar surface area (TPSA) is 126 Å². The fraction of sp³-hybridized carbons (Fsp3) is 0.444. The average molecular weight is 439 g/mol. The van der Waals surface area contributed by atoms with Gasteiger partial charge in [-0.2, -0.15) is 0 Å². The van der Waals surface area contributed by atoms with Crippen molar-refractivity contribution in [3.8, 4) is 11.4 Å². The molecule has 162 valence electrons. The van der Waals surface area contributed by atoms with Crippen LogP contribution < -0.4 is 9.62 Å². The number of H-pyrrole nitrogens is 1. The fourth-order valence-corrected chi connectivity index (χ4v) is 3.66. The van der Waals surface area contributed by atoms with Gasteiger partial charge in [0, 0.05) is 30.5 Å². The van der Waals surface area contributed by atoms with Gasteiger partial charge in [-0.3, -0.25) is 5.41 Å². The minimum absolute atomic E-state index is 0.0890. The maximum atomic E-state index is 12.4. The summed E-state index contributed by atoms with van der Waals surface area (Å²) < 4.78 is 45.0. The maximum absolute atomic E-state index is 12.4. The first-order valence-corrected chi connectivity index (χ1v) is 10.8. The number of nitrogens with zero attached hydrogens (tertiary/aromatic N) is 4. The second-order valence-electron chi connectivity index (χ2n) is 6.75. The van der Waals surface area contributed by atoms with Gasteiger partial charge in [-0.15, -0.1) is 4.72 Å². The van der Waals surface area contributed by atoms with E-state index >= 15 is 0 Å². The molecular formula is C18H23F2N7O2S. The summed E-state index contributed by atoms with van der Waals surface area (Å²) in [4.78, 5) is 17.8. The summed E-state index contributed by atoms with van der Waals surface area (Å²) in [6.45, 7) is 3.67. The molecule has 0 saturated carbocycles. The highest BCUT2D eigenvalue weighted by Gasteiger charge is 2.28. The zero-order chi connectivity index (χ0) is 21.7. The Kier molecular flexibility index (Phi) is 7.48. The van der Waals surface area contributed by atoms with Gasteiger partial charge in [-0.25, -0.2) is 23.7 Å². The van der Waals surface area contributed by atoms with E-state index < -0.39 is 23.5 Å². The van der Waals surface area contributed by atoms with Crippen LogP contribution in [-0.2, 0) is 16.1 Å². The van der Waals surface area contributed by atoms with Crippen LogP contribution in [0.25, 0.3) is 17.5 Å². The highest BCUT2D eigenvalue weighted by molar-refractivity contribution is 7.88. The normalized spacial score (nSPS) is 19.4. The monoisotopic (exact) mass is 439 g/mol. The van der Waals surface area contributed by atoms with E-state index in [1.807, 2.05) is 6.92 Å². The second kappa shape index (κ2) is 10.1. The Morgan fingerprint density at radius 1 is 1.47 bits per heavy atom. The summed E-state index contributed by atoms with van der Waals surface area (Å²) in [5.41, 5.74) is 0.415. The first-order valence-electron chi connectivity index (χ1n) is 9.21. The first-order chi connectivity index (χ1) is 14.3. The second-order valence-corrected chi connectivity index (χ2v) is 7.89. The zero-order valence-corrected chi connectivity index (χ0v) is 17.3. The molecule has 0 aliphatic carbocycles. The van der Waals surface area contributed by atoms with Crippen molar-refractivity contribution in [2.45, 2.75) is 25.5 Å². The Labute approximate surface area is 175 Å². The largest absolute Gasteiger partial charge is 0.598 e. The lowest BCUT2D eigenvalue weighted by Crippen LogP contribution is -2.52. The predicted octanol–water partition coefficient (Wildman–Crippen LogP) is 1.64. The van der Waals surface area contributed by atoms with Crippen LogP contribution in [0.5, 0.6) is 0 Å². The van der Waals surface area contributed by atoms with E-state index in [4.69, 9.17) is 10.1 Å². The van der Waals surface area contributed by atoms with Crippen molar-refractivity contribution in [3.63, 3.8) is 0 Å². The van der Waals surface area contributed by atoms with Crippen LogP contribution in [0.15, 0.2) is 24.7 Å². The molecule has 3 heterocycles. The van der Waals surface area contributed by atoms with Crippen molar-refractivity contribution in [1.29, 1.82) is 5.41 Å². The zero-order valence-electron chi connectivity index (χ0n) is 16.5. The molecule has 0 amide bonds. The molecule has 3 N–H and O–H groups in total. The van der Waals surface area contributed by atoms with Crippen molar-refractivity contribution in [1.82, 2.24) is 24.7 Å². The third-order valence-corrected chi connectivity index (χ3v) is 5.21. The molecule has 9 nitrogen and oxygen atoms in total. The van der Waals surface area contributed by atoms with Crippen LogP contribution in [-0.4, -0.2) is 74.7 Å². The molecule has 0 spiro atoms. The van der Waals surface area contributed by atoms with Crippen molar-refractivity contribution in [3.05, 3.63) is 30.5 Å². The summed E-state index contributed by atoms with van der Waals surface area (Å²) in [5, 5.41) is 7.15. The van der Waals surface area contributed by atoms with Gasteiger partial charge in [0.25, 0.3) is 6.43 Å². The molecule has 2 aromatic heterocycles. The Hall–Kier alpha value is -2.41. The standard InChI is InChI=1S/C18H23F2N7O2S/c1-11(26-30(2)28)15-9-27(5-6-29-15)17-7-13(23-10-24-17)14-8-22-16(25-14)4-3-12(21)18(19)20/h3-4,7-8,10-11,15,18,21,26H,5-6,9H2,1-2H3,(H,22,25)/b4-3-,21-12?. The molecule has 3 unspecified atom stereocenters. The van der Waals surface area contributed by atoms with Crippen molar-refractivity contribution in [2.75, 3.05) is 30.9 Å². The predicted molar refractivity (Wildman–Crippen MR) is 111 cm³/mol. The van der Waals surface area contributed by atoms with E-state index in [0.717, 1.165) is 6.08 Å². The number of aromatic nitrogens is 4. The number of morpholine rings is 1. The van der Waals surface area contributed by atoms with Gasteiger partial charge in [0.15, 0.2) is 0 Å². The molecule has 2 aromatic rings. The number of alkyl halides is 2.